The number of benzene rings is 2. The Morgan fingerprint density at radius 1 is 0.931 bits per heavy atom. The van der Waals surface area contributed by atoms with E-state index >= 15 is 0 Å². The molecule has 0 bridgehead atoms. The molecule has 0 spiro atoms. The van der Waals surface area contributed by atoms with Gasteiger partial charge in [0.1, 0.15) is 17.3 Å². The van der Waals surface area contributed by atoms with Gasteiger partial charge in [-0.25, -0.2) is 0 Å². The van der Waals surface area contributed by atoms with Crippen LogP contribution in [0.1, 0.15) is 25.3 Å². The molecule has 0 amide bonds. The van der Waals surface area contributed by atoms with E-state index in [-0.39, 0.29) is 18.3 Å². The maximum absolute atomic E-state index is 9.88. The normalized spacial score (nSPS) is 22.2. The predicted molar refractivity (Wildman–Crippen MR) is 118 cm³/mol. The summed E-state index contributed by atoms with van der Waals surface area (Å²) in [7, 11) is 0. The molecule has 148 valence electrons. The van der Waals surface area contributed by atoms with Gasteiger partial charge in [0.2, 0.25) is 0 Å². The van der Waals surface area contributed by atoms with Crippen molar-refractivity contribution in [2.24, 2.45) is 0 Å². The van der Waals surface area contributed by atoms with E-state index in [0.29, 0.717) is 11.5 Å². The van der Waals surface area contributed by atoms with Crippen molar-refractivity contribution >= 4 is 0 Å². The third-order valence-electron chi connectivity index (χ3n) is 4.92. The van der Waals surface area contributed by atoms with Gasteiger partial charge in [-0.2, -0.15) is 0 Å². The smallest absolute Gasteiger partial charge is 0.127 e. The maximum atomic E-state index is 9.88. The van der Waals surface area contributed by atoms with E-state index < -0.39 is 0 Å². The zero-order valence-electron chi connectivity index (χ0n) is 16.8. The Kier molecular flexibility index (Phi) is 6.53. The molecular weight excluding hydrogens is 360 g/mol. The van der Waals surface area contributed by atoms with Crippen molar-refractivity contribution in [2.75, 3.05) is 6.61 Å². The number of hydrogen-bond acceptors (Lipinski definition) is 3. The third kappa shape index (κ3) is 4.41. The molecule has 3 nitrogen and oxygen atoms in total. The molecule has 29 heavy (non-hydrogen) atoms. The number of ether oxygens (including phenoxy) is 1. The Hall–Kier alpha value is -3.30. The lowest BCUT2D eigenvalue weighted by Crippen LogP contribution is -2.19. The molecular formula is C26H26O3. The Bertz CT molecular complexity index is 990. The van der Waals surface area contributed by atoms with Gasteiger partial charge in [-0.1, -0.05) is 67.3 Å². The third-order valence-corrected chi connectivity index (χ3v) is 4.92. The van der Waals surface area contributed by atoms with E-state index in [1.54, 1.807) is 12.2 Å². The summed E-state index contributed by atoms with van der Waals surface area (Å²) in [4.78, 5) is 0. The van der Waals surface area contributed by atoms with E-state index in [0.717, 1.165) is 27.8 Å². The first-order chi connectivity index (χ1) is 14.1. The molecule has 3 rings (SSSR count). The highest BCUT2D eigenvalue weighted by molar-refractivity contribution is 5.65. The average Bonchev–Trinajstić information content (AvgIpc) is 2.75. The summed E-state index contributed by atoms with van der Waals surface area (Å²) in [5, 5.41) is 19.5. The largest absolute Gasteiger partial charge is 0.509 e. The fourth-order valence-electron chi connectivity index (χ4n) is 3.65. The number of aliphatic hydroxyl groups is 2. The highest BCUT2D eigenvalue weighted by atomic mass is 16.5. The lowest BCUT2D eigenvalue weighted by atomic mass is 9.79. The lowest BCUT2D eigenvalue weighted by molar-refractivity contribution is 0.292. The van der Waals surface area contributed by atoms with Gasteiger partial charge in [0.15, 0.2) is 0 Å². The highest BCUT2D eigenvalue weighted by Gasteiger charge is 2.33. The fourth-order valence-corrected chi connectivity index (χ4v) is 3.65. The van der Waals surface area contributed by atoms with E-state index in [1.165, 1.54) is 0 Å². The summed E-state index contributed by atoms with van der Waals surface area (Å²) in [6.07, 6.45) is 7.15. The summed E-state index contributed by atoms with van der Waals surface area (Å²) in [5.41, 5.74) is 4.99. The number of rotatable bonds is 4. The second-order valence-corrected chi connectivity index (χ2v) is 6.76. The number of hydrogen-bond donors (Lipinski definition) is 2. The van der Waals surface area contributed by atoms with Gasteiger partial charge in [-0.15, -0.1) is 0 Å². The van der Waals surface area contributed by atoms with Gasteiger partial charge in [-0.05, 0) is 48.8 Å². The van der Waals surface area contributed by atoms with Crippen LogP contribution in [0.2, 0.25) is 0 Å². The summed E-state index contributed by atoms with van der Waals surface area (Å²) in [6, 6.07) is 18.6. The SMILES string of the molecule is C=C(O)C=C1/C(=C\C)OC(=C/C)/C(=C\CO)C1c1ccc(-c2ccccc2)cc1. The fraction of sp³-hybridized carbons (Fsp3) is 0.154. The Balaban J connectivity index is 2.14. The van der Waals surface area contributed by atoms with Crippen LogP contribution in [0.4, 0.5) is 0 Å². The van der Waals surface area contributed by atoms with E-state index in [9.17, 15) is 10.2 Å². The lowest BCUT2D eigenvalue weighted by Gasteiger charge is -2.33. The summed E-state index contributed by atoms with van der Waals surface area (Å²) in [5.74, 6) is 1.13. The van der Waals surface area contributed by atoms with E-state index in [2.05, 4.69) is 43.0 Å². The molecule has 0 radical (unpaired) electrons. The van der Waals surface area contributed by atoms with Crippen LogP contribution < -0.4 is 0 Å². The van der Waals surface area contributed by atoms with Crippen molar-refractivity contribution in [3.05, 3.63) is 119 Å². The molecule has 0 saturated carbocycles. The average molecular weight is 386 g/mol. The Labute approximate surface area is 172 Å². The van der Waals surface area contributed by atoms with Gasteiger partial charge in [0.25, 0.3) is 0 Å². The van der Waals surface area contributed by atoms with Crippen LogP contribution in [0, 0.1) is 0 Å². The molecule has 1 heterocycles. The molecule has 0 aliphatic carbocycles. The van der Waals surface area contributed by atoms with Crippen LogP contribution in [0.15, 0.2) is 114 Å². The summed E-state index contributed by atoms with van der Waals surface area (Å²) in [6.45, 7) is 7.32. The van der Waals surface area contributed by atoms with Crippen molar-refractivity contribution in [2.45, 2.75) is 19.8 Å². The first-order valence-corrected chi connectivity index (χ1v) is 9.66. The van der Waals surface area contributed by atoms with Crippen LogP contribution in [0.3, 0.4) is 0 Å². The molecule has 1 unspecified atom stereocenters. The highest BCUT2D eigenvalue weighted by Crippen LogP contribution is 2.46. The monoisotopic (exact) mass is 386 g/mol. The van der Waals surface area contributed by atoms with Crippen molar-refractivity contribution in [1.82, 2.24) is 0 Å². The zero-order chi connectivity index (χ0) is 20.8. The molecule has 2 N–H and O–H groups in total. The molecule has 2 aromatic carbocycles. The van der Waals surface area contributed by atoms with Crippen LogP contribution in [-0.2, 0) is 4.74 Å². The van der Waals surface area contributed by atoms with Gasteiger partial charge < -0.3 is 14.9 Å². The van der Waals surface area contributed by atoms with Crippen molar-refractivity contribution in [1.29, 1.82) is 0 Å². The maximum Gasteiger partial charge on any atom is 0.127 e. The molecule has 1 aliphatic rings. The number of aliphatic hydroxyl groups excluding tert-OH is 2. The second-order valence-electron chi connectivity index (χ2n) is 6.76. The second kappa shape index (κ2) is 9.26. The topological polar surface area (TPSA) is 49.7 Å². The molecule has 0 aromatic heterocycles. The molecule has 1 fully saturated rings. The molecule has 3 heteroatoms. The van der Waals surface area contributed by atoms with Gasteiger partial charge >= 0.3 is 0 Å². The van der Waals surface area contributed by atoms with Crippen LogP contribution in [0.25, 0.3) is 11.1 Å². The number of allylic oxidation sites excluding steroid dienone is 5. The summed E-state index contributed by atoms with van der Waals surface area (Å²) < 4.78 is 6.03. The predicted octanol–water partition coefficient (Wildman–Crippen LogP) is 6.19. The first-order valence-electron chi connectivity index (χ1n) is 9.66. The quantitative estimate of drug-likeness (QED) is 0.616. The molecule has 1 aliphatic heterocycles. The van der Waals surface area contributed by atoms with Gasteiger partial charge in [-0.3, -0.25) is 0 Å². The Morgan fingerprint density at radius 2 is 1.52 bits per heavy atom. The first kappa shape index (κ1) is 20.4. The molecule has 2 aromatic rings. The Morgan fingerprint density at radius 3 is 2.07 bits per heavy atom. The molecule has 1 saturated heterocycles. The minimum absolute atomic E-state index is 0.0406. The standard InChI is InChI=1S/C26H26O3/c1-4-24-22(15-16-27)26(23(17-18(3)28)25(5-2)29-24)21-13-11-20(12-14-21)19-9-7-6-8-10-19/h4-15,17,26-28H,3,16H2,1-2H3/b22-15+,23-17?,24-4+,25-5+. The van der Waals surface area contributed by atoms with Crippen LogP contribution >= 0.6 is 0 Å². The van der Waals surface area contributed by atoms with Crippen molar-refractivity contribution < 1.29 is 14.9 Å². The van der Waals surface area contributed by atoms with Gasteiger partial charge in [0.05, 0.1) is 6.61 Å². The summed E-state index contributed by atoms with van der Waals surface area (Å²) >= 11 is 0. The minimum Gasteiger partial charge on any atom is -0.509 e. The van der Waals surface area contributed by atoms with Crippen molar-refractivity contribution in [3.63, 3.8) is 0 Å². The van der Waals surface area contributed by atoms with E-state index in [4.69, 9.17) is 4.74 Å². The van der Waals surface area contributed by atoms with Crippen LogP contribution in [0.5, 0.6) is 0 Å². The van der Waals surface area contributed by atoms with Crippen LogP contribution in [-0.4, -0.2) is 16.8 Å². The zero-order valence-corrected chi connectivity index (χ0v) is 16.8. The van der Waals surface area contributed by atoms with Gasteiger partial charge in [0, 0.05) is 17.1 Å². The van der Waals surface area contributed by atoms with Crippen molar-refractivity contribution in [3.8, 4) is 11.1 Å². The molecule has 1 atom stereocenters. The minimum atomic E-state index is -0.193. The van der Waals surface area contributed by atoms with E-state index in [1.807, 2.05) is 44.2 Å².